The van der Waals surface area contributed by atoms with Gasteiger partial charge in [0.2, 0.25) is 5.91 Å². The topological polar surface area (TPSA) is 47.6 Å². The van der Waals surface area contributed by atoms with Gasteiger partial charge in [-0.1, -0.05) is 57.8 Å². The Kier molecular flexibility index (Phi) is 9.81. The lowest BCUT2D eigenvalue weighted by Gasteiger charge is -2.18. The summed E-state index contributed by atoms with van der Waals surface area (Å²) in [6, 6.07) is 5.88. The van der Waals surface area contributed by atoms with E-state index < -0.39 is 0 Å². The molecular formula is C23H35NO3. The molecule has 150 valence electrons. The first kappa shape index (κ1) is 21.3. The second kappa shape index (κ2) is 12.4. The predicted octanol–water partition coefficient (Wildman–Crippen LogP) is 5.51. The van der Waals surface area contributed by atoms with Crippen LogP contribution in [0.5, 0.6) is 11.5 Å². The van der Waals surface area contributed by atoms with Crippen LogP contribution in [0.25, 0.3) is 6.08 Å². The van der Waals surface area contributed by atoms with E-state index in [-0.39, 0.29) is 5.91 Å². The summed E-state index contributed by atoms with van der Waals surface area (Å²) in [5.74, 6) is 1.41. The van der Waals surface area contributed by atoms with Crippen LogP contribution in [-0.4, -0.2) is 26.2 Å². The van der Waals surface area contributed by atoms with E-state index in [1.54, 1.807) is 20.3 Å². The summed E-state index contributed by atoms with van der Waals surface area (Å²) in [7, 11) is 3.25. The van der Waals surface area contributed by atoms with E-state index in [0.717, 1.165) is 24.2 Å². The molecule has 0 spiro atoms. The van der Waals surface area contributed by atoms with Crippen molar-refractivity contribution in [3.63, 3.8) is 0 Å². The third-order valence-corrected chi connectivity index (χ3v) is 5.31. The SMILES string of the molecule is COc1ccc(/C=C/C(=O)NC2CCCCCCCCCCC2)c(OC)c1. The maximum Gasteiger partial charge on any atom is 0.244 e. The number of hydrogen-bond donors (Lipinski definition) is 1. The van der Waals surface area contributed by atoms with Gasteiger partial charge in [-0.05, 0) is 31.1 Å². The largest absolute Gasteiger partial charge is 0.497 e. The Hall–Kier alpha value is -1.97. The van der Waals surface area contributed by atoms with Gasteiger partial charge in [0.05, 0.1) is 14.2 Å². The van der Waals surface area contributed by atoms with Gasteiger partial charge in [0.15, 0.2) is 0 Å². The zero-order valence-corrected chi connectivity index (χ0v) is 17.0. The molecule has 0 atom stereocenters. The molecule has 2 rings (SSSR count). The Morgan fingerprint density at radius 3 is 2.07 bits per heavy atom. The number of carbonyl (C=O) groups excluding carboxylic acids is 1. The summed E-state index contributed by atoms with van der Waals surface area (Å²) in [5, 5.41) is 3.21. The third-order valence-electron chi connectivity index (χ3n) is 5.31. The highest BCUT2D eigenvalue weighted by atomic mass is 16.5. The van der Waals surface area contributed by atoms with Crippen LogP contribution >= 0.6 is 0 Å². The van der Waals surface area contributed by atoms with Gasteiger partial charge in [-0.3, -0.25) is 4.79 Å². The monoisotopic (exact) mass is 373 g/mol. The van der Waals surface area contributed by atoms with Crippen LogP contribution in [0.3, 0.4) is 0 Å². The fraction of sp³-hybridized carbons (Fsp3) is 0.609. The van der Waals surface area contributed by atoms with Crippen LogP contribution in [0.15, 0.2) is 24.3 Å². The molecule has 4 heteroatoms. The minimum absolute atomic E-state index is 0.0232. The maximum absolute atomic E-state index is 12.4. The fourth-order valence-corrected chi connectivity index (χ4v) is 3.68. The number of hydrogen-bond acceptors (Lipinski definition) is 3. The van der Waals surface area contributed by atoms with Crippen molar-refractivity contribution in [2.24, 2.45) is 0 Å². The molecule has 27 heavy (non-hydrogen) atoms. The highest BCUT2D eigenvalue weighted by molar-refractivity contribution is 5.92. The second-order valence-electron chi connectivity index (χ2n) is 7.41. The Balaban J connectivity index is 1.90. The summed E-state index contributed by atoms with van der Waals surface area (Å²) in [6.07, 6.45) is 17.4. The minimum Gasteiger partial charge on any atom is -0.497 e. The highest BCUT2D eigenvalue weighted by Gasteiger charge is 2.11. The number of benzene rings is 1. The molecule has 1 aliphatic rings. The zero-order valence-electron chi connectivity index (χ0n) is 17.0. The van der Waals surface area contributed by atoms with Crippen molar-refractivity contribution >= 4 is 12.0 Å². The van der Waals surface area contributed by atoms with Crippen molar-refractivity contribution < 1.29 is 14.3 Å². The van der Waals surface area contributed by atoms with Crippen LogP contribution in [0.4, 0.5) is 0 Å². The van der Waals surface area contributed by atoms with Gasteiger partial charge in [0.25, 0.3) is 0 Å². The highest BCUT2D eigenvalue weighted by Crippen LogP contribution is 2.25. The van der Waals surface area contributed by atoms with E-state index in [1.807, 2.05) is 24.3 Å². The van der Waals surface area contributed by atoms with Crippen LogP contribution < -0.4 is 14.8 Å². The zero-order chi connectivity index (χ0) is 19.3. The fourth-order valence-electron chi connectivity index (χ4n) is 3.68. The van der Waals surface area contributed by atoms with E-state index in [0.29, 0.717) is 11.8 Å². The summed E-state index contributed by atoms with van der Waals surface area (Å²) in [5.41, 5.74) is 0.868. The predicted molar refractivity (Wildman–Crippen MR) is 111 cm³/mol. The van der Waals surface area contributed by atoms with Gasteiger partial charge in [-0.25, -0.2) is 0 Å². The molecule has 1 amide bonds. The van der Waals surface area contributed by atoms with Crippen molar-refractivity contribution in [1.29, 1.82) is 0 Å². The molecule has 0 aromatic heterocycles. The van der Waals surface area contributed by atoms with Gasteiger partial charge in [-0.15, -0.1) is 0 Å². The first-order valence-electron chi connectivity index (χ1n) is 10.4. The van der Waals surface area contributed by atoms with Crippen molar-refractivity contribution in [1.82, 2.24) is 5.32 Å². The quantitative estimate of drug-likeness (QED) is 0.693. The standard InChI is InChI=1S/C23H35NO3/c1-26-21-16-14-19(22(18-21)27-2)15-17-23(25)24-20-12-10-8-6-4-3-5-7-9-11-13-20/h14-18,20H,3-13H2,1-2H3,(H,24,25)/b17-15+. The molecule has 1 aliphatic carbocycles. The molecule has 1 saturated carbocycles. The molecule has 0 unspecified atom stereocenters. The number of amides is 1. The maximum atomic E-state index is 12.4. The molecule has 0 radical (unpaired) electrons. The smallest absolute Gasteiger partial charge is 0.244 e. The van der Waals surface area contributed by atoms with E-state index in [9.17, 15) is 4.79 Å². The first-order chi connectivity index (χ1) is 13.2. The van der Waals surface area contributed by atoms with Crippen molar-refractivity contribution in [3.8, 4) is 11.5 Å². The van der Waals surface area contributed by atoms with Crippen molar-refractivity contribution in [2.75, 3.05) is 14.2 Å². The van der Waals surface area contributed by atoms with Crippen LogP contribution in [-0.2, 0) is 4.79 Å². The van der Waals surface area contributed by atoms with Crippen molar-refractivity contribution in [3.05, 3.63) is 29.8 Å². The van der Waals surface area contributed by atoms with Crippen LogP contribution in [0, 0.1) is 0 Å². The van der Waals surface area contributed by atoms with E-state index >= 15 is 0 Å². The summed E-state index contributed by atoms with van der Waals surface area (Å²) in [4.78, 5) is 12.4. The first-order valence-corrected chi connectivity index (χ1v) is 10.4. The summed E-state index contributed by atoms with van der Waals surface area (Å²) >= 11 is 0. The van der Waals surface area contributed by atoms with Crippen LogP contribution in [0.1, 0.15) is 76.2 Å². The van der Waals surface area contributed by atoms with E-state index in [2.05, 4.69) is 5.32 Å². The van der Waals surface area contributed by atoms with E-state index in [4.69, 9.17) is 9.47 Å². The Bertz CT molecular complexity index is 585. The Morgan fingerprint density at radius 1 is 0.926 bits per heavy atom. The number of methoxy groups -OCH3 is 2. The molecular weight excluding hydrogens is 338 g/mol. The molecule has 1 fully saturated rings. The molecule has 1 aromatic rings. The second-order valence-corrected chi connectivity index (χ2v) is 7.41. The van der Waals surface area contributed by atoms with Gasteiger partial charge >= 0.3 is 0 Å². The van der Waals surface area contributed by atoms with Gasteiger partial charge < -0.3 is 14.8 Å². The van der Waals surface area contributed by atoms with Gasteiger partial charge in [0.1, 0.15) is 11.5 Å². The molecule has 0 aliphatic heterocycles. The van der Waals surface area contributed by atoms with Gasteiger partial charge in [-0.2, -0.15) is 0 Å². The summed E-state index contributed by atoms with van der Waals surface area (Å²) < 4.78 is 10.6. The number of ether oxygens (including phenoxy) is 2. The van der Waals surface area contributed by atoms with Crippen molar-refractivity contribution in [2.45, 2.75) is 76.7 Å². The lowest BCUT2D eigenvalue weighted by molar-refractivity contribution is -0.117. The molecule has 1 aromatic carbocycles. The van der Waals surface area contributed by atoms with Gasteiger partial charge in [0, 0.05) is 23.7 Å². The molecule has 1 N–H and O–H groups in total. The number of rotatable bonds is 5. The number of carbonyl (C=O) groups is 1. The molecule has 4 nitrogen and oxygen atoms in total. The lowest BCUT2D eigenvalue weighted by Crippen LogP contribution is -2.33. The van der Waals surface area contributed by atoms with Crippen LogP contribution in [0.2, 0.25) is 0 Å². The molecule has 0 heterocycles. The molecule has 0 saturated heterocycles. The summed E-state index contributed by atoms with van der Waals surface area (Å²) in [6.45, 7) is 0. The normalized spacial score (nSPS) is 17.7. The Labute approximate surface area is 164 Å². The minimum atomic E-state index is -0.0232. The average molecular weight is 374 g/mol. The van der Waals surface area contributed by atoms with E-state index in [1.165, 1.54) is 57.8 Å². The lowest BCUT2D eigenvalue weighted by atomic mass is 9.98. The third kappa shape index (κ3) is 8.06. The average Bonchev–Trinajstić information content (AvgIpc) is 2.68. The Morgan fingerprint density at radius 2 is 1.52 bits per heavy atom. The molecule has 0 bridgehead atoms. The number of nitrogens with one attached hydrogen (secondary N) is 1.